The fourth-order valence-electron chi connectivity index (χ4n) is 1.12. The minimum absolute atomic E-state index is 0.294. The van der Waals surface area contributed by atoms with Crippen molar-refractivity contribution in [1.29, 1.82) is 0 Å². The van der Waals surface area contributed by atoms with Gasteiger partial charge in [0.2, 0.25) is 5.28 Å². The molecule has 0 aliphatic rings. The number of hydrogen-bond donors (Lipinski definition) is 0. The van der Waals surface area contributed by atoms with Gasteiger partial charge in [-0.1, -0.05) is 0 Å². The molecular formula is C9H8ClN3S. The zero-order chi connectivity index (χ0) is 9.97. The van der Waals surface area contributed by atoms with Gasteiger partial charge in [0.1, 0.15) is 0 Å². The van der Waals surface area contributed by atoms with Gasteiger partial charge >= 0.3 is 0 Å². The zero-order valence-electron chi connectivity index (χ0n) is 7.57. The van der Waals surface area contributed by atoms with Gasteiger partial charge in [0, 0.05) is 24.2 Å². The standard InChI is InChI=1S/C9H8ClN3S/c1-6-5-12-9(10)13-7(6)4-8-11-2-3-14-8/h2-3,5H,4H2,1H3. The number of nitrogens with zero attached hydrogens (tertiary/aromatic N) is 3. The molecule has 0 atom stereocenters. The van der Waals surface area contributed by atoms with Gasteiger partial charge in [-0.05, 0) is 24.1 Å². The Hall–Kier alpha value is -1.00. The molecule has 2 aromatic heterocycles. The van der Waals surface area contributed by atoms with Crippen LogP contribution in [0.5, 0.6) is 0 Å². The fourth-order valence-corrected chi connectivity index (χ4v) is 1.89. The van der Waals surface area contributed by atoms with E-state index in [2.05, 4.69) is 15.0 Å². The Morgan fingerprint density at radius 1 is 1.43 bits per heavy atom. The first kappa shape index (κ1) is 9.55. The lowest BCUT2D eigenvalue weighted by molar-refractivity contribution is 0.985. The monoisotopic (exact) mass is 225 g/mol. The highest BCUT2D eigenvalue weighted by atomic mass is 35.5. The van der Waals surface area contributed by atoms with Gasteiger partial charge in [-0.25, -0.2) is 15.0 Å². The van der Waals surface area contributed by atoms with Crippen LogP contribution in [-0.4, -0.2) is 15.0 Å². The lowest BCUT2D eigenvalue weighted by atomic mass is 10.2. The van der Waals surface area contributed by atoms with Crippen LogP contribution in [0.3, 0.4) is 0 Å². The molecule has 0 aliphatic heterocycles. The topological polar surface area (TPSA) is 38.7 Å². The molecule has 0 N–H and O–H groups in total. The van der Waals surface area contributed by atoms with E-state index in [0.717, 1.165) is 22.7 Å². The van der Waals surface area contributed by atoms with Crippen LogP contribution in [-0.2, 0) is 6.42 Å². The second kappa shape index (κ2) is 4.02. The van der Waals surface area contributed by atoms with Crippen molar-refractivity contribution in [2.45, 2.75) is 13.3 Å². The Balaban J connectivity index is 2.28. The molecule has 0 saturated heterocycles. The van der Waals surface area contributed by atoms with E-state index in [1.54, 1.807) is 23.7 Å². The fraction of sp³-hybridized carbons (Fsp3) is 0.222. The number of aromatic nitrogens is 3. The molecule has 3 nitrogen and oxygen atoms in total. The average molecular weight is 226 g/mol. The van der Waals surface area contributed by atoms with E-state index >= 15 is 0 Å². The first-order valence-electron chi connectivity index (χ1n) is 4.12. The summed E-state index contributed by atoms with van der Waals surface area (Å²) in [5.41, 5.74) is 1.99. The van der Waals surface area contributed by atoms with Crippen LogP contribution < -0.4 is 0 Å². The van der Waals surface area contributed by atoms with Crippen LogP contribution in [0.25, 0.3) is 0 Å². The summed E-state index contributed by atoms with van der Waals surface area (Å²) in [7, 11) is 0. The van der Waals surface area contributed by atoms with Crippen molar-refractivity contribution in [3.8, 4) is 0 Å². The predicted molar refractivity (Wildman–Crippen MR) is 56.7 cm³/mol. The molecule has 0 amide bonds. The first-order chi connectivity index (χ1) is 6.75. The summed E-state index contributed by atoms with van der Waals surface area (Å²) in [6.45, 7) is 1.97. The lowest BCUT2D eigenvalue weighted by Crippen LogP contribution is -1.97. The molecule has 0 unspecified atom stereocenters. The van der Waals surface area contributed by atoms with E-state index in [9.17, 15) is 0 Å². The van der Waals surface area contributed by atoms with Crippen molar-refractivity contribution in [3.63, 3.8) is 0 Å². The minimum atomic E-state index is 0.294. The van der Waals surface area contributed by atoms with Crippen molar-refractivity contribution in [2.24, 2.45) is 0 Å². The molecule has 0 saturated carbocycles. The van der Waals surface area contributed by atoms with Gasteiger partial charge in [0.15, 0.2) is 0 Å². The third kappa shape index (κ3) is 2.08. The number of halogens is 1. The SMILES string of the molecule is Cc1cnc(Cl)nc1Cc1nccs1. The number of rotatable bonds is 2. The third-order valence-electron chi connectivity index (χ3n) is 1.85. The van der Waals surface area contributed by atoms with E-state index in [1.807, 2.05) is 12.3 Å². The van der Waals surface area contributed by atoms with Crippen molar-refractivity contribution in [1.82, 2.24) is 15.0 Å². The molecule has 2 aromatic rings. The smallest absolute Gasteiger partial charge is 0.222 e. The largest absolute Gasteiger partial charge is 0.249 e. The van der Waals surface area contributed by atoms with Crippen LogP contribution >= 0.6 is 22.9 Å². The summed E-state index contributed by atoms with van der Waals surface area (Å²) in [5, 5.41) is 3.29. The molecule has 5 heteroatoms. The summed E-state index contributed by atoms with van der Waals surface area (Å²) in [4.78, 5) is 12.3. The van der Waals surface area contributed by atoms with E-state index in [0.29, 0.717) is 5.28 Å². The van der Waals surface area contributed by atoms with Crippen LogP contribution in [0.2, 0.25) is 5.28 Å². The van der Waals surface area contributed by atoms with Crippen molar-refractivity contribution < 1.29 is 0 Å². The van der Waals surface area contributed by atoms with E-state index in [1.165, 1.54) is 0 Å². The number of aryl methyl sites for hydroxylation is 1. The Bertz CT molecular complexity index is 428. The highest BCUT2D eigenvalue weighted by Gasteiger charge is 2.05. The molecule has 72 valence electrons. The summed E-state index contributed by atoms with van der Waals surface area (Å²) in [6.07, 6.45) is 4.25. The normalized spacial score (nSPS) is 10.4. The second-order valence-electron chi connectivity index (χ2n) is 2.87. The molecule has 0 bridgehead atoms. The molecule has 0 fully saturated rings. The van der Waals surface area contributed by atoms with E-state index in [4.69, 9.17) is 11.6 Å². The van der Waals surface area contributed by atoms with E-state index < -0.39 is 0 Å². The summed E-state index contributed by atoms with van der Waals surface area (Å²) in [5.74, 6) is 0. The quantitative estimate of drug-likeness (QED) is 0.738. The maximum absolute atomic E-state index is 5.72. The summed E-state index contributed by atoms with van der Waals surface area (Å²) in [6, 6.07) is 0. The predicted octanol–water partition coefficient (Wildman–Crippen LogP) is 2.49. The summed E-state index contributed by atoms with van der Waals surface area (Å²) < 4.78 is 0. The molecular weight excluding hydrogens is 218 g/mol. The van der Waals surface area contributed by atoms with Gasteiger partial charge in [0.05, 0.1) is 10.7 Å². The maximum Gasteiger partial charge on any atom is 0.222 e. The van der Waals surface area contributed by atoms with Crippen LogP contribution in [0, 0.1) is 6.92 Å². The van der Waals surface area contributed by atoms with Crippen molar-refractivity contribution >= 4 is 22.9 Å². The molecule has 0 spiro atoms. The van der Waals surface area contributed by atoms with Crippen LogP contribution in [0.1, 0.15) is 16.3 Å². The zero-order valence-corrected chi connectivity index (χ0v) is 9.14. The molecule has 2 heterocycles. The Morgan fingerprint density at radius 2 is 2.29 bits per heavy atom. The highest BCUT2D eigenvalue weighted by Crippen LogP contribution is 2.14. The highest BCUT2D eigenvalue weighted by molar-refractivity contribution is 7.09. The number of thiazole rings is 1. The Kier molecular flexibility index (Phi) is 2.74. The third-order valence-corrected chi connectivity index (χ3v) is 2.81. The van der Waals surface area contributed by atoms with Crippen LogP contribution in [0.15, 0.2) is 17.8 Å². The van der Waals surface area contributed by atoms with Crippen LogP contribution in [0.4, 0.5) is 0 Å². The van der Waals surface area contributed by atoms with Crippen molar-refractivity contribution in [3.05, 3.63) is 39.3 Å². The van der Waals surface area contributed by atoms with Gasteiger partial charge in [-0.2, -0.15) is 0 Å². The second-order valence-corrected chi connectivity index (χ2v) is 4.19. The minimum Gasteiger partial charge on any atom is -0.249 e. The molecule has 0 aliphatic carbocycles. The van der Waals surface area contributed by atoms with E-state index in [-0.39, 0.29) is 0 Å². The molecule has 2 rings (SSSR count). The molecule has 0 radical (unpaired) electrons. The van der Waals surface area contributed by atoms with Crippen molar-refractivity contribution in [2.75, 3.05) is 0 Å². The van der Waals surface area contributed by atoms with Gasteiger partial charge in [0.25, 0.3) is 0 Å². The Morgan fingerprint density at radius 3 is 3.00 bits per heavy atom. The molecule has 14 heavy (non-hydrogen) atoms. The molecule has 0 aromatic carbocycles. The first-order valence-corrected chi connectivity index (χ1v) is 5.38. The van der Waals surface area contributed by atoms with Gasteiger partial charge in [-0.15, -0.1) is 11.3 Å². The van der Waals surface area contributed by atoms with Gasteiger partial charge in [-0.3, -0.25) is 0 Å². The number of hydrogen-bond acceptors (Lipinski definition) is 4. The Labute approximate surface area is 90.8 Å². The summed E-state index contributed by atoms with van der Waals surface area (Å²) >= 11 is 7.34. The van der Waals surface area contributed by atoms with Gasteiger partial charge < -0.3 is 0 Å². The lowest BCUT2D eigenvalue weighted by Gasteiger charge is -2.01. The maximum atomic E-state index is 5.72. The average Bonchev–Trinajstić information content (AvgIpc) is 2.64.